The maximum Gasteiger partial charge on any atom is 0.207 e. The smallest absolute Gasteiger partial charge is 0.207 e. The first-order valence-corrected chi connectivity index (χ1v) is 8.32. The standard InChI is InChI=1S/C10H14ClO3PS/c1-14-15(2,13)7-8(12)3-4-10-9(11)5-6-16-10/h5-6H,3-4,7H2,1-2H3. The first kappa shape index (κ1) is 13.9. The highest BCUT2D eigenvalue weighted by atomic mass is 35.5. The number of ketones is 1. The normalized spacial score (nSPS) is 14.7. The van der Waals surface area contributed by atoms with Gasteiger partial charge in [-0.1, -0.05) is 11.6 Å². The van der Waals surface area contributed by atoms with Gasteiger partial charge >= 0.3 is 0 Å². The average molecular weight is 281 g/mol. The van der Waals surface area contributed by atoms with E-state index in [1.54, 1.807) is 0 Å². The summed E-state index contributed by atoms with van der Waals surface area (Å²) >= 11 is 7.43. The molecule has 0 N–H and O–H groups in total. The predicted molar refractivity (Wildman–Crippen MR) is 68.1 cm³/mol. The summed E-state index contributed by atoms with van der Waals surface area (Å²) in [4.78, 5) is 12.5. The van der Waals surface area contributed by atoms with Crippen molar-refractivity contribution in [3.8, 4) is 0 Å². The zero-order valence-electron chi connectivity index (χ0n) is 9.23. The molecule has 0 bridgehead atoms. The average Bonchev–Trinajstić information content (AvgIpc) is 2.60. The lowest BCUT2D eigenvalue weighted by Gasteiger charge is -2.08. The predicted octanol–water partition coefficient (Wildman–Crippen LogP) is 3.46. The number of halogens is 1. The van der Waals surface area contributed by atoms with Crippen molar-refractivity contribution in [1.29, 1.82) is 0 Å². The number of rotatable bonds is 6. The number of carbonyl (C=O) groups is 1. The zero-order valence-corrected chi connectivity index (χ0v) is 11.7. The molecule has 90 valence electrons. The molecule has 16 heavy (non-hydrogen) atoms. The lowest BCUT2D eigenvalue weighted by molar-refractivity contribution is -0.116. The van der Waals surface area contributed by atoms with E-state index in [0.717, 1.165) is 4.88 Å². The van der Waals surface area contributed by atoms with E-state index in [-0.39, 0.29) is 11.9 Å². The molecule has 0 saturated heterocycles. The zero-order chi connectivity index (χ0) is 12.2. The third-order valence-electron chi connectivity index (χ3n) is 2.17. The van der Waals surface area contributed by atoms with E-state index >= 15 is 0 Å². The van der Waals surface area contributed by atoms with Crippen molar-refractivity contribution in [2.45, 2.75) is 12.8 Å². The minimum Gasteiger partial charge on any atom is -0.332 e. The van der Waals surface area contributed by atoms with Crippen LogP contribution in [0.4, 0.5) is 0 Å². The van der Waals surface area contributed by atoms with Gasteiger partial charge in [0, 0.05) is 25.1 Å². The fraction of sp³-hybridized carbons (Fsp3) is 0.500. The number of carbonyl (C=O) groups excluding carboxylic acids is 1. The topological polar surface area (TPSA) is 43.4 Å². The van der Waals surface area contributed by atoms with Gasteiger partial charge in [-0.2, -0.15) is 0 Å². The van der Waals surface area contributed by atoms with Gasteiger partial charge in [-0.15, -0.1) is 11.3 Å². The molecule has 0 aromatic carbocycles. The molecule has 3 nitrogen and oxygen atoms in total. The molecular weight excluding hydrogens is 267 g/mol. The summed E-state index contributed by atoms with van der Waals surface area (Å²) in [7, 11) is -1.36. The molecular formula is C10H14ClO3PS. The van der Waals surface area contributed by atoms with E-state index < -0.39 is 7.37 Å². The van der Waals surface area contributed by atoms with Gasteiger partial charge in [-0.3, -0.25) is 9.36 Å². The third-order valence-corrected chi connectivity index (χ3v) is 5.32. The minimum absolute atomic E-state index is 0.00644. The van der Waals surface area contributed by atoms with E-state index in [1.807, 2.05) is 11.4 Å². The van der Waals surface area contributed by atoms with Crippen molar-refractivity contribution in [2.24, 2.45) is 0 Å². The van der Waals surface area contributed by atoms with Crippen LogP contribution in [0.5, 0.6) is 0 Å². The van der Waals surface area contributed by atoms with E-state index in [9.17, 15) is 9.36 Å². The van der Waals surface area contributed by atoms with Crippen molar-refractivity contribution in [1.82, 2.24) is 0 Å². The highest BCUT2D eigenvalue weighted by molar-refractivity contribution is 7.59. The molecule has 1 atom stereocenters. The maximum absolute atomic E-state index is 11.6. The van der Waals surface area contributed by atoms with Crippen LogP contribution in [0.1, 0.15) is 11.3 Å². The molecule has 0 aliphatic rings. The van der Waals surface area contributed by atoms with Crippen LogP contribution in [0.3, 0.4) is 0 Å². The van der Waals surface area contributed by atoms with Gasteiger partial charge in [0.2, 0.25) is 7.37 Å². The summed E-state index contributed by atoms with van der Waals surface area (Å²) in [5.41, 5.74) is 0. The van der Waals surface area contributed by atoms with Gasteiger partial charge in [0.1, 0.15) is 5.78 Å². The molecule has 0 saturated carbocycles. The molecule has 0 amide bonds. The summed E-state index contributed by atoms with van der Waals surface area (Å²) < 4.78 is 16.3. The van der Waals surface area contributed by atoms with Crippen LogP contribution in [0, 0.1) is 0 Å². The molecule has 1 unspecified atom stereocenters. The molecule has 1 rings (SSSR count). The second-order valence-corrected chi connectivity index (χ2v) is 7.70. The van der Waals surface area contributed by atoms with Crippen molar-refractivity contribution in [2.75, 3.05) is 19.9 Å². The summed E-state index contributed by atoms with van der Waals surface area (Å²) in [5.74, 6) is -0.0443. The van der Waals surface area contributed by atoms with Gasteiger partial charge < -0.3 is 4.52 Å². The van der Waals surface area contributed by atoms with Crippen LogP contribution < -0.4 is 0 Å². The third kappa shape index (κ3) is 4.38. The van der Waals surface area contributed by atoms with Crippen LogP contribution in [0.25, 0.3) is 0 Å². The number of aryl methyl sites for hydroxylation is 1. The second-order valence-electron chi connectivity index (χ2n) is 3.59. The Bertz CT molecular complexity index is 416. The minimum atomic E-state index is -2.73. The van der Waals surface area contributed by atoms with Crippen LogP contribution in [-0.4, -0.2) is 25.7 Å². The van der Waals surface area contributed by atoms with Crippen molar-refractivity contribution in [3.05, 3.63) is 21.3 Å². The number of thiophene rings is 1. The Kier molecular flexibility index (Phi) is 5.19. The highest BCUT2D eigenvalue weighted by Crippen LogP contribution is 2.41. The lowest BCUT2D eigenvalue weighted by Crippen LogP contribution is -2.07. The fourth-order valence-electron chi connectivity index (χ4n) is 1.22. The molecule has 0 aliphatic carbocycles. The Balaban J connectivity index is 2.42. The van der Waals surface area contributed by atoms with E-state index in [2.05, 4.69) is 0 Å². The summed E-state index contributed by atoms with van der Waals surface area (Å²) in [6, 6.07) is 1.81. The maximum atomic E-state index is 11.6. The molecule has 0 aliphatic heterocycles. The highest BCUT2D eigenvalue weighted by Gasteiger charge is 2.19. The largest absolute Gasteiger partial charge is 0.332 e. The monoisotopic (exact) mass is 280 g/mol. The van der Waals surface area contributed by atoms with Crippen LogP contribution in [0.2, 0.25) is 5.02 Å². The number of hydrogen-bond donors (Lipinski definition) is 0. The van der Waals surface area contributed by atoms with Gasteiger partial charge in [0.05, 0.1) is 11.2 Å². The van der Waals surface area contributed by atoms with E-state index in [4.69, 9.17) is 16.1 Å². The molecule has 1 aromatic heterocycles. The Morgan fingerprint density at radius 2 is 2.31 bits per heavy atom. The molecule has 0 radical (unpaired) electrons. The quantitative estimate of drug-likeness (QED) is 0.750. The molecule has 6 heteroatoms. The number of Topliss-reactive ketones (excluding diaryl/α,β-unsaturated/α-hetero) is 1. The van der Waals surface area contributed by atoms with Gasteiger partial charge in [0.25, 0.3) is 0 Å². The van der Waals surface area contributed by atoms with Crippen LogP contribution in [0.15, 0.2) is 11.4 Å². The SMILES string of the molecule is COP(C)(=O)CC(=O)CCc1sccc1Cl. The van der Waals surface area contributed by atoms with Gasteiger partial charge in [0.15, 0.2) is 0 Å². The van der Waals surface area contributed by atoms with Crippen molar-refractivity contribution >= 4 is 36.1 Å². The van der Waals surface area contributed by atoms with Crippen LogP contribution in [-0.2, 0) is 20.3 Å². The summed E-state index contributed by atoms with van der Waals surface area (Å²) in [5, 5.41) is 2.59. The Morgan fingerprint density at radius 3 is 2.81 bits per heavy atom. The first-order valence-electron chi connectivity index (χ1n) is 4.80. The lowest BCUT2D eigenvalue weighted by atomic mass is 10.2. The molecule has 0 fully saturated rings. The summed E-state index contributed by atoms with van der Waals surface area (Å²) in [6.07, 6.45) is 0.979. The van der Waals surface area contributed by atoms with Crippen molar-refractivity contribution in [3.63, 3.8) is 0 Å². The molecule has 1 aromatic rings. The Labute approximate surface area is 104 Å². The van der Waals surface area contributed by atoms with Crippen LogP contribution >= 0.6 is 30.3 Å². The first-order chi connectivity index (χ1) is 7.44. The van der Waals surface area contributed by atoms with Gasteiger partial charge in [-0.25, -0.2) is 0 Å². The van der Waals surface area contributed by atoms with Gasteiger partial charge in [-0.05, 0) is 17.9 Å². The second kappa shape index (κ2) is 5.97. The molecule has 0 spiro atoms. The fourth-order valence-corrected chi connectivity index (χ4v) is 3.28. The Morgan fingerprint density at radius 1 is 1.62 bits per heavy atom. The van der Waals surface area contributed by atoms with E-state index in [0.29, 0.717) is 17.9 Å². The van der Waals surface area contributed by atoms with Crippen molar-refractivity contribution < 1.29 is 13.9 Å². The molecule has 1 heterocycles. The van der Waals surface area contributed by atoms with E-state index in [1.165, 1.54) is 25.1 Å². The summed E-state index contributed by atoms with van der Waals surface area (Å²) in [6.45, 7) is 1.48. The number of hydrogen-bond acceptors (Lipinski definition) is 4. The Hall–Kier alpha value is -0.150.